The highest BCUT2D eigenvalue weighted by Crippen LogP contribution is 2.40. The maximum absolute atomic E-state index is 4.90. The molecule has 0 saturated carbocycles. The fourth-order valence-corrected chi connectivity index (χ4v) is 5.93. The molecule has 0 spiro atoms. The van der Waals surface area contributed by atoms with Gasteiger partial charge in [-0.1, -0.05) is 152 Å². The van der Waals surface area contributed by atoms with Crippen molar-refractivity contribution in [1.29, 1.82) is 0 Å². The Morgan fingerprint density at radius 1 is 0.262 bits per heavy atom. The molecular weight excluding hydrogens is 510 g/mol. The summed E-state index contributed by atoms with van der Waals surface area (Å²) >= 11 is 0. The van der Waals surface area contributed by atoms with Gasteiger partial charge in [-0.05, 0) is 43.4 Å². The van der Waals surface area contributed by atoms with E-state index in [2.05, 4.69) is 91.0 Å². The highest BCUT2D eigenvalue weighted by molar-refractivity contribution is 6.28. The van der Waals surface area contributed by atoms with Crippen LogP contribution in [0.15, 0.2) is 152 Å². The van der Waals surface area contributed by atoms with E-state index in [-0.39, 0.29) is 0 Å². The van der Waals surface area contributed by atoms with E-state index in [0.717, 1.165) is 22.3 Å². The van der Waals surface area contributed by atoms with Gasteiger partial charge in [0.05, 0.1) is 0 Å². The van der Waals surface area contributed by atoms with E-state index in [1.54, 1.807) is 0 Å². The Morgan fingerprint density at radius 3 is 1.12 bits per heavy atom. The largest absolute Gasteiger partial charge is 0.208 e. The molecule has 0 aliphatic carbocycles. The van der Waals surface area contributed by atoms with Crippen LogP contribution in [-0.2, 0) is 0 Å². The van der Waals surface area contributed by atoms with Gasteiger partial charge in [0, 0.05) is 16.7 Å². The zero-order chi connectivity index (χ0) is 27.9. The summed E-state index contributed by atoms with van der Waals surface area (Å²) in [4.78, 5) is 14.6. The minimum absolute atomic E-state index is 0.656. The minimum Gasteiger partial charge on any atom is -0.208 e. The molecule has 0 saturated heterocycles. The van der Waals surface area contributed by atoms with Crippen molar-refractivity contribution in [3.05, 3.63) is 152 Å². The lowest BCUT2D eigenvalue weighted by Gasteiger charge is -2.14. The van der Waals surface area contributed by atoms with Gasteiger partial charge in [-0.2, -0.15) is 0 Å². The molecule has 0 aliphatic heterocycles. The lowest BCUT2D eigenvalue weighted by molar-refractivity contribution is 1.07. The molecular formula is C39H25N3. The van der Waals surface area contributed by atoms with Gasteiger partial charge in [-0.25, -0.2) is 15.0 Å². The smallest absolute Gasteiger partial charge is 0.164 e. The predicted molar refractivity (Wildman–Crippen MR) is 174 cm³/mol. The van der Waals surface area contributed by atoms with Crippen LogP contribution in [0.5, 0.6) is 0 Å². The third-order valence-electron chi connectivity index (χ3n) is 7.92. The van der Waals surface area contributed by atoms with Crippen LogP contribution >= 0.6 is 0 Å². The van der Waals surface area contributed by atoms with E-state index >= 15 is 0 Å². The van der Waals surface area contributed by atoms with Crippen LogP contribution in [0.3, 0.4) is 0 Å². The molecule has 1 aromatic heterocycles. The average Bonchev–Trinajstić information content (AvgIpc) is 3.09. The molecule has 0 atom stereocenters. The van der Waals surface area contributed by atoms with E-state index in [0.29, 0.717) is 17.5 Å². The van der Waals surface area contributed by atoms with Crippen LogP contribution < -0.4 is 0 Å². The Bertz CT molecular complexity index is 2120. The van der Waals surface area contributed by atoms with Gasteiger partial charge in [-0.3, -0.25) is 0 Å². The molecule has 42 heavy (non-hydrogen) atoms. The predicted octanol–water partition coefficient (Wildman–Crippen LogP) is 10.00. The highest BCUT2D eigenvalue weighted by Gasteiger charge is 2.15. The number of rotatable bonds is 4. The van der Waals surface area contributed by atoms with E-state index in [1.165, 1.54) is 37.9 Å². The quantitative estimate of drug-likeness (QED) is 0.211. The van der Waals surface area contributed by atoms with Crippen molar-refractivity contribution in [2.45, 2.75) is 0 Å². The third-order valence-corrected chi connectivity index (χ3v) is 7.92. The first-order valence-corrected chi connectivity index (χ1v) is 14.1. The monoisotopic (exact) mass is 535 g/mol. The Balaban J connectivity index is 1.29. The molecule has 0 N–H and O–H groups in total. The molecule has 1 heterocycles. The summed E-state index contributed by atoms with van der Waals surface area (Å²) in [5.41, 5.74) is 5.25. The fraction of sp³-hybridized carbons (Fsp3) is 0. The minimum atomic E-state index is 0.656. The molecule has 196 valence electrons. The third kappa shape index (κ3) is 4.11. The summed E-state index contributed by atoms with van der Waals surface area (Å²) in [7, 11) is 0. The summed E-state index contributed by atoms with van der Waals surface area (Å²) < 4.78 is 0. The van der Waals surface area contributed by atoms with Gasteiger partial charge in [0.25, 0.3) is 0 Å². The van der Waals surface area contributed by atoms with Gasteiger partial charge in [0.2, 0.25) is 0 Å². The van der Waals surface area contributed by atoms with Crippen LogP contribution in [0.2, 0.25) is 0 Å². The van der Waals surface area contributed by atoms with Gasteiger partial charge in [-0.15, -0.1) is 0 Å². The van der Waals surface area contributed by atoms with Crippen molar-refractivity contribution in [1.82, 2.24) is 15.0 Å². The van der Waals surface area contributed by atoms with Crippen molar-refractivity contribution < 1.29 is 0 Å². The molecule has 8 aromatic rings. The topological polar surface area (TPSA) is 38.7 Å². The molecule has 0 bridgehead atoms. The second-order valence-electron chi connectivity index (χ2n) is 10.4. The van der Waals surface area contributed by atoms with Gasteiger partial charge in [0.1, 0.15) is 0 Å². The number of hydrogen-bond donors (Lipinski definition) is 0. The van der Waals surface area contributed by atoms with E-state index in [1.807, 2.05) is 60.7 Å². The summed E-state index contributed by atoms with van der Waals surface area (Å²) in [5.74, 6) is 1.98. The summed E-state index contributed by atoms with van der Waals surface area (Å²) in [6.45, 7) is 0. The first-order chi connectivity index (χ1) is 20.8. The molecule has 0 fully saturated rings. The van der Waals surface area contributed by atoms with Gasteiger partial charge < -0.3 is 0 Å². The van der Waals surface area contributed by atoms with Crippen molar-refractivity contribution in [3.63, 3.8) is 0 Å². The first-order valence-electron chi connectivity index (χ1n) is 14.1. The van der Waals surface area contributed by atoms with Crippen LogP contribution in [0.1, 0.15) is 0 Å². The number of hydrogen-bond acceptors (Lipinski definition) is 3. The fourth-order valence-electron chi connectivity index (χ4n) is 5.93. The highest BCUT2D eigenvalue weighted by atomic mass is 15.0. The summed E-state index contributed by atoms with van der Waals surface area (Å²) in [6.07, 6.45) is 0. The van der Waals surface area contributed by atoms with Crippen molar-refractivity contribution in [2.24, 2.45) is 0 Å². The second-order valence-corrected chi connectivity index (χ2v) is 10.4. The Morgan fingerprint density at radius 2 is 0.619 bits per heavy atom. The molecule has 0 radical (unpaired) electrons. The maximum atomic E-state index is 4.90. The molecule has 0 amide bonds. The number of nitrogens with zero attached hydrogens (tertiary/aromatic N) is 3. The zero-order valence-electron chi connectivity index (χ0n) is 22.8. The normalized spacial score (nSPS) is 11.3. The lowest BCUT2D eigenvalue weighted by Crippen LogP contribution is -2.00. The number of benzene rings is 7. The first kappa shape index (κ1) is 24.2. The van der Waals surface area contributed by atoms with E-state index in [4.69, 9.17) is 15.0 Å². The standard InChI is InChI=1S/C39H25N3/c1-3-12-27(13-4-1)37-40-38(28-14-5-2-6-15-28)42-39(41-37)29-24-22-26(23-25-29)30-20-11-21-35-33-17-8-7-16-31(33)32-18-9-10-19-34(32)36(30)35/h1-25H. The molecule has 3 heteroatoms. The zero-order valence-corrected chi connectivity index (χ0v) is 22.8. The van der Waals surface area contributed by atoms with Crippen LogP contribution in [0, 0.1) is 0 Å². The second kappa shape index (κ2) is 10.1. The Hall–Kier alpha value is -5.67. The lowest BCUT2D eigenvalue weighted by atomic mass is 9.89. The molecule has 0 aliphatic rings. The van der Waals surface area contributed by atoms with Crippen molar-refractivity contribution >= 4 is 32.3 Å². The van der Waals surface area contributed by atoms with Crippen molar-refractivity contribution in [3.8, 4) is 45.3 Å². The van der Waals surface area contributed by atoms with Crippen LogP contribution in [0.4, 0.5) is 0 Å². The SMILES string of the molecule is c1ccc(-c2nc(-c3ccccc3)nc(-c3ccc(-c4cccc5c6ccccc6c6ccccc6c45)cc3)n2)cc1. The maximum Gasteiger partial charge on any atom is 0.164 e. The van der Waals surface area contributed by atoms with E-state index in [9.17, 15) is 0 Å². The molecule has 0 unspecified atom stereocenters. The average molecular weight is 536 g/mol. The molecule has 8 rings (SSSR count). The van der Waals surface area contributed by atoms with Crippen molar-refractivity contribution in [2.75, 3.05) is 0 Å². The number of fused-ring (bicyclic) bond motifs is 6. The van der Waals surface area contributed by atoms with Crippen LogP contribution in [-0.4, -0.2) is 15.0 Å². The summed E-state index contributed by atoms with van der Waals surface area (Å²) in [6, 6.07) is 52.8. The van der Waals surface area contributed by atoms with Gasteiger partial charge in [0.15, 0.2) is 17.5 Å². The Labute approximate surface area is 243 Å². The van der Waals surface area contributed by atoms with E-state index < -0.39 is 0 Å². The van der Waals surface area contributed by atoms with Gasteiger partial charge >= 0.3 is 0 Å². The number of aromatic nitrogens is 3. The Kier molecular flexibility index (Phi) is 5.79. The molecule has 3 nitrogen and oxygen atoms in total. The molecule has 7 aromatic carbocycles. The van der Waals surface area contributed by atoms with Crippen LogP contribution in [0.25, 0.3) is 77.6 Å². The summed E-state index contributed by atoms with van der Waals surface area (Å²) in [5, 5.41) is 7.64.